The highest BCUT2D eigenvalue weighted by Gasteiger charge is 2.18. The lowest BCUT2D eigenvalue weighted by atomic mass is 10.0. The monoisotopic (exact) mass is 451 g/mol. The summed E-state index contributed by atoms with van der Waals surface area (Å²) in [7, 11) is 0. The summed E-state index contributed by atoms with van der Waals surface area (Å²) < 4.78 is 16.4. The van der Waals surface area contributed by atoms with E-state index in [1.807, 2.05) is 43.5 Å². The molecule has 0 bridgehead atoms. The first kappa shape index (κ1) is 23.1. The number of aryl methyl sites for hydroxylation is 1. The molecule has 0 aliphatic carbocycles. The minimum Gasteiger partial charge on any atom is -0.324 e. The second kappa shape index (κ2) is 9.70. The van der Waals surface area contributed by atoms with Gasteiger partial charge in [0.1, 0.15) is 11.5 Å². The number of rotatable bonds is 6. The Morgan fingerprint density at radius 3 is 2.28 bits per heavy atom. The number of ketones is 1. The van der Waals surface area contributed by atoms with Crippen molar-refractivity contribution in [2.24, 2.45) is 0 Å². The number of anilines is 2. The van der Waals surface area contributed by atoms with Crippen molar-refractivity contribution in [2.75, 3.05) is 5.32 Å². The molecule has 2 aromatic heterocycles. The standard InChI is InChI=1S/C24H22FN5O.ClH/c1-15(2)30-16(3)26-14-21(30)22-20(25)13-27-24(29-22)28-19-11-9-18(10-12-19)23(31)17-7-5-4-6-8-17;/h4-15H,1-3H3,(H,27,28,29);1H. The number of nitrogens with one attached hydrogen (secondary N) is 1. The zero-order chi connectivity index (χ0) is 22.0. The van der Waals surface area contributed by atoms with Crippen LogP contribution in [0.3, 0.4) is 0 Å². The molecule has 6 nitrogen and oxygen atoms in total. The number of hydrogen-bond acceptors (Lipinski definition) is 5. The van der Waals surface area contributed by atoms with Crippen molar-refractivity contribution in [3.63, 3.8) is 0 Å². The first-order chi connectivity index (χ1) is 14.9. The van der Waals surface area contributed by atoms with Gasteiger partial charge in [0.15, 0.2) is 11.6 Å². The van der Waals surface area contributed by atoms with Crippen molar-refractivity contribution in [1.29, 1.82) is 0 Å². The normalized spacial score (nSPS) is 10.7. The van der Waals surface area contributed by atoms with E-state index < -0.39 is 5.82 Å². The predicted molar refractivity (Wildman–Crippen MR) is 125 cm³/mol. The van der Waals surface area contributed by atoms with Crippen molar-refractivity contribution < 1.29 is 9.18 Å². The van der Waals surface area contributed by atoms with Crippen LogP contribution in [0.1, 0.15) is 41.6 Å². The number of aromatic nitrogens is 4. The molecule has 0 aliphatic heterocycles. The molecule has 2 heterocycles. The highest BCUT2D eigenvalue weighted by molar-refractivity contribution is 6.09. The second-order valence-electron chi connectivity index (χ2n) is 7.44. The fourth-order valence-electron chi connectivity index (χ4n) is 3.48. The number of imidazole rings is 1. The zero-order valence-electron chi connectivity index (χ0n) is 17.9. The summed E-state index contributed by atoms with van der Waals surface area (Å²) in [5, 5.41) is 3.07. The molecule has 4 rings (SSSR count). The van der Waals surface area contributed by atoms with Gasteiger partial charge in [-0.3, -0.25) is 4.79 Å². The van der Waals surface area contributed by atoms with Gasteiger partial charge in [-0.1, -0.05) is 30.3 Å². The Hall–Kier alpha value is -3.58. The maximum Gasteiger partial charge on any atom is 0.227 e. The maximum absolute atomic E-state index is 14.5. The molecule has 4 aromatic rings. The smallest absolute Gasteiger partial charge is 0.227 e. The summed E-state index contributed by atoms with van der Waals surface area (Å²) in [5.74, 6) is 0.477. The topological polar surface area (TPSA) is 72.7 Å². The molecule has 0 amide bonds. The molecule has 0 aliphatic rings. The molecule has 2 aromatic carbocycles. The Kier molecular flexibility index (Phi) is 7.00. The van der Waals surface area contributed by atoms with Crippen LogP contribution in [0.25, 0.3) is 11.4 Å². The molecule has 0 radical (unpaired) electrons. The van der Waals surface area contributed by atoms with E-state index in [1.165, 1.54) is 0 Å². The van der Waals surface area contributed by atoms with Gasteiger partial charge in [0.25, 0.3) is 0 Å². The van der Waals surface area contributed by atoms with E-state index in [1.54, 1.807) is 42.6 Å². The summed E-state index contributed by atoms with van der Waals surface area (Å²) in [5.41, 5.74) is 2.68. The molecular formula is C24H23ClFN5O. The Labute approximate surface area is 192 Å². The van der Waals surface area contributed by atoms with Crippen molar-refractivity contribution in [3.8, 4) is 11.4 Å². The SMILES string of the molecule is Cc1ncc(-c2nc(Nc3ccc(C(=O)c4ccccc4)cc3)ncc2F)n1C(C)C.Cl. The maximum atomic E-state index is 14.5. The molecule has 32 heavy (non-hydrogen) atoms. The van der Waals surface area contributed by atoms with E-state index in [4.69, 9.17) is 0 Å². The molecule has 0 unspecified atom stereocenters. The van der Waals surface area contributed by atoms with Gasteiger partial charge < -0.3 is 9.88 Å². The van der Waals surface area contributed by atoms with E-state index in [0.717, 1.165) is 12.0 Å². The summed E-state index contributed by atoms with van der Waals surface area (Å²) >= 11 is 0. The third-order valence-corrected chi connectivity index (χ3v) is 4.92. The quantitative estimate of drug-likeness (QED) is 0.377. The first-order valence-corrected chi connectivity index (χ1v) is 9.97. The van der Waals surface area contributed by atoms with Gasteiger partial charge in [-0.2, -0.15) is 0 Å². The molecule has 0 atom stereocenters. The van der Waals surface area contributed by atoms with E-state index in [-0.39, 0.29) is 35.9 Å². The van der Waals surface area contributed by atoms with Gasteiger partial charge in [-0.05, 0) is 45.0 Å². The minimum atomic E-state index is -0.517. The number of nitrogens with zero attached hydrogens (tertiary/aromatic N) is 4. The number of benzene rings is 2. The van der Waals surface area contributed by atoms with E-state index >= 15 is 0 Å². The van der Waals surface area contributed by atoms with Crippen LogP contribution in [0.2, 0.25) is 0 Å². The van der Waals surface area contributed by atoms with Crippen molar-refractivity contribution >= 4 is 29.8 Å². The molecule has 8 heteroatoms. The van der Waals surface area contributed by atoms with Gasteiger partial charge in [0.05, 0.1) is 18.1 Å². The van der Waals surface area contributed by atoms with Gasteiger partial charge >= 0.3 is 0 Å². The largest absolute Gasteiger partial charge is 0.324 e. The average molecular weight is 452 g/mol. The summed E-state index contributed by atoms with van der Waals surface area (Å²) in [4.78, 5) is 25.3. The van der Waals surface area contributed by atoms with E-state index in [9.17, 15) is 9.18 Å². The van der Waals surface area contributed by atoms with Gasteiger partial charge in [0, 0.05) is 22.9 Å². The van der Waals surface area contributed by atoms with E-state index in [0.29, 0.717) is 22.5 Å². The summed E-state index contributed by atoms with van der Waals surface area (Å²) in [6.07, 6.45) is 2.76. The fraction of sp³-hybridized carbons (Fsp3) is 0.167. The summed E-state index contributed by atoms with van der Waals surface area (Å²) in [6.45, 7) is 5.89. The van der Waals surface area contributed by atoms with Crippen LogP contribution in [0.4, 0.5) is 16.0 Å². The second-order valence-corrected chi connectivity index (χ2v) is 7.44. The van der Waals surface area contributed by atoms with E-state index in [2.05, 4.69) is 20.3 Å². The summed E-state index contributed by atoms with van der Waals surface area (Å²) in [6, 6.07) is 16.2. The average Bonchev–Trinajstić information content (AvgIpc) is 3.17. The van der Waals surface area contributed by atoms with Crippen LogP contribution in [0.15, 0.2) is 67.0 Å². The highest BCUT2D eigenvalue weighted by Crippen LogP contribution is 2.26. The molecule has 1 N–H and O–H groups in total. The Bertz CT molecular complexity index is 1220. The Morgan fingerprint density at radius 2 is 1.62 bits per heavy atom. The molecule has 0 spiro atoms. The lowest BCUT2D eigenvalue weighted by molar-refractivity contribution is 0.103. The highest BCUT2D eigenvalue weighted by atomic mass is 35.5. The third-order valence-electron chi connectivity index (χ3n) is 4.92. The molecule has 0 saturated heterocycles. The van der Waals surface area contributed by atoms with Crippen molar-refractivity contribution in [3.05, 3.63) is 89.8 Å². The predicted octanol–water partition coefficient (Wildman–Crippen LogP) is 5.76. The van der Waals surface area contributed by atoms with Crippen LogP contribution in [-0.4, -0.2) is 25.3 Å². The Morgan fingerprint density at radius 1 is 0.969 bits per heavy atom. The minimum absolute atomic E-state index is 0. The fourth-order valence-corrected chi connectivity index (χ4v) is 3.48. The van der Waals surface area contributed by atoms with Crippen LogP contribution in [-0.2, 0) is 0 Å². The number of carbonyl (C=O) groups is 1. The van der Waals surface area contributed by atoms with Crippen LogP contribution in [0, 0.1) is 12.7 Å². The molecule has 164 valence electrons. The van der Waals surface area contributed by atoms with Crippen LogP contribution >= 0.6 is 12.4 Å². The first-order valence-electron chi connectivity index (χ1n) is 9.97. The lowest BCUT2D eigenvalue weighted by Crippen LogP contribution is -2.08. The third kappa shape index (κ3) is 4.68. The Balaban J connectivity index is 0.00000289. The van der Waals surface area contributed by atoms with Gasteiger partial charge in [-0.25, -0.2) is 19.3 Å². The zero-order valence-corrected chi connectivity index (χ0v) is 18.7. The van der Waals surface area contributed by atoms with Gasteiger partial charge in [0.2, 0.25) is 5.95 Å². The van der Waals surface area contributed by atoms with Crippen LogP contribution in [0.5, 0.6) is 0 Å². The number of carbonyl (C=O) groups excluding carboxylic acids is 1. The molecule has 0 fully saturated rings. The van der Waals surface area contributed by atoms with Gasteiger partial charge in [-0.15, -0.1) is 12.4 Å². The van der Waals surface area contributed by atoms with Crippen molar-refractivity contribution in [1.82, 2.24) is 19.5 Å². The number of hydrogen-bond donors (Lipinski definition) is 1. The van der Waals surface area contributed by atoms with Crippen molar-refractivity contribution in [2.45, 2.75) is 26.8 Å². The van der Waals surface area contributed by atoms with Crippen LogP contribution < -0.4 is 5.32 Å². The molecular weight excluding hydrogens is 429 g/mol. The molecule has 0 saturated carbocycles. The number of halogens is 2. The lowest BCUT2D eigenvalue weighted by Gasteiger charge is -2.14.